The summed E-state index contributed by atoms with van der Waals surface area (Å²) in [6, 6.07) is 25.3. The number of amides is 2. The maximum Gasteiger partial charge on any atom is 0.242 e. The second-order valence-corrected chi connectivity index (χ2v) is 8.87. The van der Waals surface area contributed by atoms with Crippen molar-refractivity contribution < 1.29 is 9.59 Å². The lowest BCUT2D eigenvalue weighted by Crippen LogP contribution is -2.49. The van der Waals surface area contributed by atoms with Crippen LogP contribution in [-0.4, -0.2) is 29.8 Å². The molecular formula is C27H29BrN2O2. The first-order valence-electron chi connectivity index (χ1n) is 10.8. The van der Waals surface area contributed by atoms with Gasteiger partial charge in [-0.15, -0.1) is 0 Å². The van der Waals surface area contributed by atoms with Gasteiger partial charge < -0.3 is 10.2 Å². The zero-order valence-electron chi connectivity index (χ0n) is 18.6. The van der Waals surface area contributed by atoms with E-state index in [4.69, 9.17) is 0 Å². The summed E-state index contributed by atoms with van der Waals surface area (Å²) < 4.78 is 0.946. The minimum atomic E-state index is -0.591. The van der Waals surface area contributed by atoms with E-state index in [1.54, 1.807) is 11.9 Å². The van der Waals surface area contributed by atoms with E-state index in [1.807, 2.05) is 61.5 Å². The van der Waals surface area contributed by atoms with Crippen LogP contribution < -0.4 is 5.32 Å². The number of hydrogen-bond acceptors (Lipinski definition) is 2. The molecule has 2 amide bonds. The van der Waals surface area contributed by atoms with E-state index in [0.717, 1.165) is 21.2 Å². The summed E-state index contributed by atoms with van der Waals surface area (Å²) >= 11 is 3.51. The van der Waals surface area contributed by atoms with E-state index in [0.29, 0.717) is 25.8 Å². The fraction of sp³-hybridized carbons (Fsp3) is 0.259. The van der Waals surface area contributed by atoms with Crippen molar-refractivity contribution in [2.45, 2.75) is 38.8 Å². The zero-order valence-corrected chi connectivity index (χ0v) is 20.1. The highest BCUT2D eigenvalue weighted by Crippen LogP contribution is 2.19. The fourth-order valence-corrected chi connectivity index (χ4v) is 4.15. The van der Waals surface area contributed by atoms with E-state index >= 15 is 0 Å². The number of aryl methyl sites for hydroxylation is 2. The van der Waals surface area contributed by atoms with Gasteiger partial charge >= 0.3 is 0 Å². The summed E-state index contributed by atoms with van der Waals surface area (Å²) in [5, 5.41) is 2.76. The number of carbonyl (C=O) groups excluding carboxylic acids is 2. The van der Waals surface area contributed by atoms with Crippen LogP contribution in [0.15, 0.2) is 83.3 Å². The Bertz CT molecular complexity index is 1040. The lowest BCUT2D eigenvalue weighted by Gasteiger charge is -2.31. The van der Waals surface area contributed by atoms with E-state index in [-0.39, 0.29) is 11.8 Å². The summed E-state index contributed by atoms with van der Waals surface area (Å²) in [6.07, 6.45) is 1.45. The van der Waals surface area contributed by atoms with Crippen molar-refractivity contribution in [3.63, 3.8) is 0 Å². The molecule has 0 unspecified atom stereocenters. The average molecular weight is 493 g/mol. The number of hydrogen-bond donors (Lipinski definition) is 1. The van der Waals surface area contributed by atoms with Gasteiger partial charge in [0.1, 0.15) is 6.04 Å². The molecule has 0 aliphatic rings. The molecule has 0 heterocycles. The highest BCUT2D eigenvalue weighted by molar-refractivity contribution is 9.10. The van der Waals surface area contributed by atoms with Crippen LogP contribution in [0.25, 0.3) is 0 Å². The first-order chi connectivity index (χ1) is 15.5. The van der Waals surface area contributed by atoms with Crippen molar-refractivity contribution in [2.24, 2.45) is 0 Å². The number of nitrogens with zero attached hydrogens (tertiary/aromatic N) is 1. The predicted molar refractivity (Wildman–Crippen MR) is 132 cm³/mol. The minimum Gasteiger partial charge on any atom is -0.357 e. The Morgan fingerprint density at radius 1 is 0.906 bits per heavy atom. The van der Waals surface area contributed by atoms with E-state index < -0.39 is 6.04 Å². The lowest BCUT2D eigenvalue weighted by molar-refractivity contribution is -0.141. The van der Waals surface area contributed by atoms with Crippen molar-refractivity contribution in [1.82, 2.24) is 10.2 Å². The monoisotopic (exact) mass is 492 g/mol. The third-order valence-electron chi connectivity index (χ3n) is 5.51. The molecule has 0 fully saturated rings. The van der Waals surface area contributed by atoms with Gasteiger partial charge in [0.05, 0.1) is 0 Å². The SMILES string of the molecule is CNC(=O)[C@@H](Cc1ccccc1)N(Cc1cccc(Br)c1)C(=O)CCc1ccc(C)cc1. The largest absolute Gasteiger partial charge is 0.357 e. The van der Waals surface area contributed by atoms with Crippen LogP contribution in [0.2, 0.25) is 0 Å². The molecule has 1 N–H and O–H groups in total. The number of carbonyl (C=O) groups is 2. The summed E-state index contributed by atoms with van der Waals surface area (Å²) in [6.45, 7) is 2.42. The van der Waals surface area contributed by atoms with Crippen LogP contribution in [0, 0.1) is 6.92 Å². The Kier molecular flexibility index (Phi) is 8.63. The number of rotatable bonds is 9. The van der Waals surface area contributed by atoms with E-state index in [9.17, 15) is 9.59 Å². The Labute approximate surface area is 198 Å². The summed E-state index contributed by atoms with van der Waals surface area (Å²) in [5.41, 5.74) is 4.31. The molecule has 0 saturated carbocycles. The predicted octanol–water partition coefficient (Wildman–Crippen LogP) is 5.08. The third-order valence-corrected chi connectivity index (χ3v) is 6.00. The molecule has 0 saturated heterocycles. The lowest BCUT2D eigenvalue weighted by atomic mass is 10.0. The molecule has 4 nitrogen and oxygen atoms in total. The molecule has 0 bridgehead atoms. The Morgan fingerprint density at radius 2 is 1.59 bits per heavy atom. The highest BCUT2D eigenvalue weighted by Gasteiger charge is 2.29. The molecule has 0 aliphatic carbocycles. The minimum absolute atomic E-state index is 0.0323. The zero-order chi connectivity index (χ0) is 22.9. The van der Waals surface area contributed by atoms with Gasteiger partial charge in [-0.25, -0.2) is 0 Å². The van der Waals surface area contributed by atoms with Crippen molar-refractivity contribution in [3.8, 4) is 0 Å². The van der Waals surface area contributed by atoms with E-state index in [2.05, 4.69) is 45.5 Å². The fourth-order valence-electron chi connectivity index (χ4n) is 3.70. The van der Waals surface area contributed by atoms with Crippen molar-refractivity contribution >= 4 is 27.7 Å². The average Bonchev–Trinajstić information content (AvgIpc) is 2.81. The summed E-state index contributed by atoms with van der Waals surface area (Å²) in [7, 11) is 1.62. The molecule has 32 heavy (non-hydrogen) atoms. The van der Waals surface area contributed by atoms with Crippen LogP contribution in [-0.2, 0) is 29.0 Å². The second-order valence-electron chi connectivity index (χ2n) is 7.96. The third kappa shape index (κ3) is 6.79. The number of nitrogens with one attached hydrogen (secondary N) is 1. The van der Waals surface area contributed by atoms with Crippen molar-refractivity contribution in [3.05, 3.63) is 106 Å². The number of halogens is 1. The summed E-state index contributed by atoms with van der Waals surface area (Å²) in [4.78, 5) is 28.1. The Morgan fingerprint density at radius 3 is 2.25 bits per heavy atom. The van der Waals surface area contributed by atoms with Crippen LogP contribution in [0.3, 0.4) is 0 Å². The van der Waals surface area contributed by atoms with Gasteiger partial charge in [-0.3, -0.25) is 9.59 Å². The second kappa shape index (κ2) is 11.6. The molecular weight excluding hydrogens is 464 g/mol. The first kappa shape index (κ1) is 23.7. The quantitative estimate of drug-likeness (QED) is 0.452. The smallest absolute Gasteiger partial charge is 0.242 e. The molecule has 3 rings (SSSR count). The maximum absolute atomic E-state index is 13.5. The van der Waals surface area contributed by atoms with Crippen molar-refractivity contribution in [1.29, 1.82) is 0 Å². The molecule has 166 valence electrons. The van der Waals surface area contributed by atoms with E-state index in [1.165, 1.54) is 5.56 Å². The molecule has 3 aromatic carbocycles. The first-order valence-corrected chi connectivity index (χ1v) is 11.6. The molecule has 0 aliphatic heterocycles. The van der Waals surface area contributed by atoms with Gasteiger partial charge in [-0.05, 0) is 42.2 Å². The summed E-state index contributed by atoms with van der Waals surface area (Å²) in [5.74, 6) is -0.192. The molecule has 3 aromatic rings. The van der Waals surface area contributed by atoms with Crippen LogP contribution in [0.1, 0.15) is 28.7 Å². The number of benzene rings is 3. The van der Waals surface area contributed by atoms with Gasteiger partial charge in [0.25, 0.3) is 0 Å². The number of likely N-dealkylation sites (N-methyl/N-ethyl adjacent to an activating group) is 1. The van der Waals surface area contributed by atoms with Gasteiger partial charge in [0.15, 0.2) is 0 Å². The standard InChI is InChI=1S/C27H29BrN2O2/c1-20-11-13-21(14-12-20)15-16-26(31)30(19-23-9-6-10-24(28)17-23)25(27(32)29-2)18-22-7-4-3-5-8-22/h3-14,17,25H,15-16,18-19H2,1-2H3,(H,29,32)/t25-/m1/s1. The molecule has 0 spiro atoms. The van der Waals surface area contributed by atoms with Crippen LogP contribution in [0.4, 0.5) is 0 Å². The Balaban J connectivity index is 1.86. The molecule has 0 radical (unpaired) electrons. The maximum atomic E-state index is 13.5. The normalized spacial score (nSPS) is 11.6. The highest BCUT2D eigenvalue weighted by atomic mass is 79.9. The Hall–Kier alpha value is -2.92. The molecule has 1 atom stereocenters. The van der Waals surface area contributed by atoms with Gasteiger partial charge in [-0.2, -0.15) is 0 Å². The van der Waals surface area contributed by atoms with Crippen molar-refractivity contribution in [2.75, 3.05) is 7.05 Å². The van der Waals surface area contributed by atoms with Gasteiger partial charge in [0, 0.05) is 30.9 Å². The topological polar surface area (TPSA) is 49.4 Å². The van der Waals surface area contributed by atoms with Gasteiger partial charge in [0.2, 0.25) is 11.8 Å². The van der Waals surface area contributed by atoms with Crippen LogP contribution >= 0.6 is 15.9 Å². The van der Waals surface area contributed by atoms with Gasteiger partial charge in [-0.1, -0.05) is 88.2 Å². The molecule has 0 aromatic heterocycles. The van der Waals surface area contributed by atoms with Crippen LogP contribution in [0.5, 0.6) is 0 Å². The molecule has 5 heteroatoms.